The van der Waals surface area contributed by atoms with E-state index in [4.69, 9.17) is 0 Å². The number of pyridine rings is 1. The zero-order chi connectivity index (χ0) is 20.4. The third-order valence-electron chi connectivity index (χ3n) is 3.80. The molecule has 1 amide bonds. The fraction of sp³-hybridized carbons (Fsp3) is 0.294. The molecular weight excluding hydrogens is 378 g/mol. The standard InChI is InChI=1S/C17H14F6N2O2/c1-9(10-2-4-11(5-3-10)16(18,19)20)6-14(26)25-13-7-12(17(21,22)23)8-24-15(13)27/h2-5,7-9H,6H2,1H3,(H,24,27)(H,25,26)/t9-/m0/s1. The van der Waals surface area contributed by atoms with Gasteiger partial charge in [-0.1, -0.05) is 19.1 Å². The predicted molar refractivity (Wildman–Crippen MR) is 85.2 cm³/mol. The Hall–Kier alpha value is -2.78. The lowest BCUT2D eigenvalue weighted by Crippen LogP contribution is -2.22. The number of hydrogen-bond acceptors (Lipinski definition) is 2. The highest BCUT2D eigenvalue weighted by molar-refractivity contribution is 5.91. The molecule has 1 heterocycles. The first-order valence-electron chi connectivity index (χ1n) is 7.65. The summed E-state index contributed by atoms with van der Waals surface area (Å²) >= 11 is 0. The molecule has 146 valence electrons. The van der Waals surface area contributed by atoms with Crippen LogP contribution >= 0.6 is 0 Å². The third kappa shape index (κ3) is 5.35. The molecule has 1 aromatic carbocycles. The molecule has 0 aliphatic rings. The number of anilines is 1. The summed E-state index contributed by atoms with van der Waals surface area (Å²) in [6.45, 7) is 1.57. The second-order valence-electron chi connectivity index (χ2n) is 5.90. The number of aromatic nitrogens is 1. The maximum Gasteiger partial charge on any atom is 0.417 e. The molecule has 0 saturated heterocycles. The molecule has 0 aliphatic heterocycles. The average Bonchev–Trinajstić information content (AvgIpc) is 2.55. The van der Waals surface area contributed by atoms with Crippen LogP contribution in [-0.2, 0) is 17.1 Å². The highest BCUT2D eigenvalue weighted by atomic mass is 19.4. The summed E-state index contributed by atoms with van der Waals surface area (Å²) in [5, 5.41) is 2.10. The average molecular weight is 392 g/mol. The van der Waals surface area contributed by atoms with Crippen LogP contribution in [0.1, 0.15) is 36.0 Å². The first-order chi connectivity index (χ1) is 12.4. The van der Waals surface area contributed by atoms with Crippen molar-refractivity contribution in [2.24, 2.45) is 0 Å². The van der Waals surface area contributed by atoms with Gasteiger partial charge in [-0.25, -0.2) is 0 Å². The molecule has 0 bridgehead atoms. The molecule has 0 unspecified atom stereocenters. The minimum absolute atomic E-state index is 0.235. The fourth-order valence-electron chi connectivity index (χ4n) is 2.34. The van der Waals surface area contributed by atoms with Crippen LogP contribution in [-0.4, -0.2) is 10.9 Å². The van der Waals surface area contributed by atoms with E-state index in [0.29, 0.717) is 17.8 Å². The number of hydrogen-bond donors (Lipinski definition) is 2. The Kier molecular flexibility index (Phi) is 5.67. The Morgan fingerprint density at radius 3 is 2.11 bits per heavy atom. The number of alkyl halides is 6. The topological polar surface area (TPSA) is 62.0 Å². The van der Waals surface area contributed by atoms with Crippen LogP contribution in [0.3, 0.4) is 0 Å². The number of nitrogens with one attached hydrogen (secondary N) is 2. The van der Waals surface area contributed by atoms with E-state index in [1.165, 1.54) is 12.1 Å². The van der Waals surface area contributed by atoms with Crippen molar-refractivity contribution in [3.05, 3.63) is 63.6 Å². The van der Waals surface area contributed by atoms with Gasteiger partial charge in [0, 0.05) is 12.6 Å². The van der Waals surface area contributed by atoms with E-state index in [0.717, 1.165) is 12.1 Å². The SMILES string of the molecule is C[C@@H](CC(=O)Nc1cc(C(F)(F)F)c[nH]c1=O)c1ccc(C(F)(F)F)cc1. The molecular formula is C17H14F6N2O2. The molecule has 1 aromatic heterocycles. The zero-order valence-corrected chi connectivity index (χ0v) is 13.8. The lowest BCUT2D eigenvalue weighted by Gasteiger charge is -2.14. The van der Waals surface area contributed by atoms with Gasteiger partial charge in [0.15, 0.2) is 0 Å². The Morgan fingerprint density at radius 1 is 1.04 bits per heavy atom. The number of carbonyl (C=O) groups is 1. The number of H-pyrrole nitrogens is 1. The van der Waals surface area contributed by atoms with Crippen molar-refractivity contribution >= 4 is 11.6 Å². The normalized spacial score (nSPS) is 13.3. The van der Waals surface area contributed by atoms with Gasteiger partial charge >= 0.3 is 12.4 Å². The lowest BCUT2D eigenvalue weighted by atomic mass is 9.96. The second kappa shape index (κ2) is 7.45. The Morgan fingerprint density at radius 2 is 1.59 bits per heavy atom. The minimum atomic E-state index is -4.70. The van der Waals surface area contributed by atoms with Crippen molar-refractivity contribution in [2.45, 2.75) is 31.6 Å². The fourth-order valence-corrected chi connectivity index (χ4v) is 2.34. The van der Waals surface area contributed by atoms with Crippen molar-refractivity contribution in [1.29, 1.82) is 0 Å². The molecule has 2 aromatic rings. The number of amides is 1. The van der Waals surface area contributed by atoms with Gasteiger partial charge in [0.25, 0.3) is 5.56 Å². The number of rotatable bonds is 4. The molecule has 0 spiro atoms. The summed E-state index contributed by atoms with van der Waals surface area (Å²) in [7, 11) is 0. The number of aromatic amines is 1. The van der Waals surface area contributed by atoms with Crippen molar-refractivity contribution in [2.75, 3.05) is 5.32 Å². The van der Waals surface area contributed by atoms with E-state index in [1.54, 1.807) is 6.92 Å². The van der Waals surface area contributed by atoms with Crippen LogP contribution in [0.25, 0.3) is 0 Å². The van der Waals surface area contributed by atoms with Gasteiger partial charge in [0.05, 0.1) is 11.1 Å². The van der Waals surface area contributed by atoms with Gasteiger partial charge < -0.3 is 10.3 Å². The first kappa shape index (κ1) is 20.5. The number of benzene rings is 1. The van der Waals surface area contributed by atoms with E-state index in [2.05, 4.69) is 5.32 Å². The molecule has 2 N–H and O–H groups in total. The molecule has 0 radical (unpaired) electrons. The number of carbonyl (C=O) groups excluding carboxylic acids is 1. The Labute approximate surface area is 149 Å². The van der Waals surface area contributed by atoms with Gasteiger partial charge in [-0.05, 0) is 29.7 Å². The van der Waals surface area contributed by atoms with Crippen molar-refractivity contribution in [3.63, 3.8) is 0 Å². The van der Waals surface area contributed by atoms with Crippen LogP contribution < -0.4 is 10.9 Å². The summed E-state index contributed by atoms with van der Waals surface area (Å²) < 4.78 is 75.7. The summed E-state index contributed by atoms with van der Waals surface area (Å²) in [6, 6.07) is 4.71. The largest absolute Gasteiger partial charge is 0.417 e. The van der Waals surface area contributed by atoms with Crippen LogP contribution in [0.2, 0.25) is 0 Å². The molecule has 0 fully saturated rings. The highest BCUT2D eigenvalue weighted by Crippen LogP contribution is 2.31. The van der Waals surface area contributed by atoms with E-state index in [-0.39, 0.29) is 6.42 Å². The predicted octanol–water partition coefficient (Wildman–Crippen LogP) is 4.54. The maximum absolute atomic E-state index is 12.7. The molecule has 4 nitrogen and oxygen atoms in total. The molecule has 10 heteroatoms. The highest BCUT2D eigenvalue weighted by Gasteiger charge is 2.32. The minimum Gasteiger partial charge on any atom is -0.327 e. The van der Waals surface area contributed by atoms with E-state index >= 15 is 0 Å². The van der Waals surface area contributed by atoms with E-state index in [1.807, 2.05) is 4.98 Å². The lowest BCUT2D eigenvalue weighted by molar-refractivity contribution is -0.138. The van der Waals surface area contributed by atoms with Crippen molar-refractivity contribution in [3.8, 4) is 0 Å². The molecule has 0 aliphatic carbocycles. The quantitative estimate of drug-likeness (QED) is 0.751. The maximum atomic E-state index is 12.7. The van der Waals surface area contributed by atoms with E-state index in [9.17, 15) is 35.9 Å². The van der Waals surface area contributed by atoms with Gasteiger partial charge in [0.1, 0.15) is 5.69 Å². The summed E-state index contributed by atoms with van der Waals surface area (Å²) in [5.41, 5.74) is -2.99. The molecule has 27 heavy (non-hydrogen) atoms. The molecule has 2 rings (SSSR count). The molecule has 0 saturated carbocycles. The smallest absolute Gasteiger partial charge is 0.327 e. The van der Waals surface area contributed by atoms with Crippen molar-refractivity contribution in [1.82, 2.24) is 4.98 Å². The van der Waals surface area contributed by atoms with Gasteiger partial charge in [-0.2, -0.15) is 26.3 Å². The summed E-state index contributed by atoms with van der Waals surface area (Å²) in [4.78, 5) is 25.5. The van der Waals surface area contributed by atoms with E-state index < -0.39 is 46.6 Å². The Balaban J connectivity index is 2.08. The first-order valence-corrected chi connectivity index (χ1v) is 7.65. The van der Waals surface area contributed by atoms with Crippen LogP contribution in [0.4, 0.5) is 32.0 Å². The van der Waals surface area contributed by atoms with Crippen LogP contribution in [0.15, 0.2) is 41.3 Å². The monoisotopic (exact) mass is 392 g/mol. The van der Waals surface area contributed by atoms with Crippen molar-refractivity contribution < 1.29 is 31.1 Å². The molecule has 1 atom stereocenters. The summed E-state index contributed by atoms with van der Waals surface area (Å²) in [5.74, 6) is -1.26. The van der Waals surface area contributed by atoms with Crippen LogP contribution in [0, 0.1) is 0 Å². The van der Waals surface area contributed by atoms with Crippen LogP contribution in [0.5, 0.6) is 0 Å². The van der Waals surface area contributed by atoms with Gasteiger partial charge in [-0.15, -0.1) is 0 Å². The zero-order valence-electron chi connectivity index (χ0n) is 13.8. The number of halogens is 6. The summed E-state index contributed by atoms with van der Waals surface area (Å²) in [6.07, 6.45) is -8.93. The third-order valence-corrected chi connectivity index (χ3v) is 3.80. The second-order valence-corrected chi connectivity index (χ2v) is 5.90. The Bertz CT molecular complexity index is 869. The van der Waals surface area contributed by atoms with Gasteiger partial charge in [0.2, 0.25) is 5.91 Å². The van der Waals surface area contributed by atoms with Gasteiger partial charge in [-0.3, -0.25) is 9.59 Å².